The standard InChI is InChI=1S/C34H33ClF5N5O6/c1-16(34(38,39)40)9-19(10-17(2)36)28(46)41-23-12-24-27(25-26(23)33(50,42-29(25)47)21-11-20(37)7-8-22(21)35)43(6)30(48)45(24)15-18-13-44(14-18)31(49)51-32(3,4)5/h7-12,18,50H,1,13-15H2,2-6H3,(H,41,46)(H,42,47)/b17-10+,19-9+. The molecule has 272 valence electrons. The van der Waals surface area contributed by atoms with Gasteiger partial charge >= 0.3 is 18.0 Å². The number of alkyl halides is 3. The molecule has 0 aliphatic carbocycles. The van der Waals surface area contributed by atoms with Crippen LogP contribution in [0.2, 0.25) is 5.02 Å². The van der Waals surface area contributed by atoms with Gasteiger partial charge in [-0.2, -0.15) is 13.2 Å². The lowest BCUT2D eigenvalue weighted by Gasteiger charge is -2.39. The molecule has 51 heavy (non-hydrogen) atoms. The van der Waals surface area contributed by atoms with Crippen molar-refractivity contribution in [3.63, 3.8) is 0 Å². The first-order chi connectivity index (χ1) is 23.5. The molecule has 17 heteroatoms. The second kappa shape index (κ2) is 13.0. The van der Waals surface area contributed by atoms with Crippen LogP contribution in [-0.4, -0.2) is 61.9 Å². The van der Waals surface area contributed by atoms with Gasteiger partial charge < -0.3 is 25.4 Å². The Bertz CT molecular complexity index is 2120. The van der Waals surface area contributed by atoms with Crippen LogP contribution >= 0.6 is 11.6 Å². The second-order valence-electron chi connectivity index (χ2n) is 13.3. The van der Waals surface area contributed by atoms with Crippen molar-refractivity contribution < 1.29 is 46.2 Å². The lowest BCUT2D eigenvalue weighted by Crippen LogP contribution is -2.53. The van der Waals surface area contributed by atoms with Gasteiger partial charge in [-0.3, -0.25) is 18.7 Å². The Balaban J connectivity index is 1.68. The van der Waals surface area contributed by atoms with Crippen molar-refractivity contribution in [3.05, 3.63) is 98.0 Å². The smallest absolute Gasteiger partial charge is 0.415 e. The molecule has 2 aliphatic heterocycles. The summed E-state index contributed by atoms with van der Waals surface area (Å²) in [6.45, 7) is 9.39. The minimum Gasteiger partial charge on any atom is -0.444 e. The molecule has 0 spiro atoms. The molecule has 2 aromatic carbocycles. The molecule has 1 saturated heterocycles. The van der Waals surface area contributed by atoms with E-state index in [9.17, 15) is 46.2 Å². The summed E-state index contributed by atoms with van der Waals surface area (Å²) in [5, 5.41) is 16.5. The summed E-state index contributed by atoms with van der Waals surface area (Å²) in [6.07, 6.45) is -4.69. The summed E-state index contributed by atoms with van der Waals surface area (Å²) in [7, 11) is 1.35. The molecule has 3 heterocycles. The number of carbonyl (C=O) groups is 3. The van der Waals surface area contributed by atoms with E-state index in [4.69, 9.17) is 16.3 Å². The fourth-order valence-corrected chi connectivity index (χ4v) is 6.25. The summed E-state index contributed by atoms with van der Waals surface area (Å²) in [5.74, 6) is -4.45. The number of nitrogens with one attached hydrogen (secondary N) is 2. The number of amides is 3. The van der Waals surface area contributed by atoms with Crippen LogP contribution in [0, 0.1) is 11.7 Å². The van der Waals surface area contributed by atoms with Gasteiger partial charge in [0.1, 0.15) is 11.4 Å². The zero-order chi connectivity index (χ0) is 38.0. The Hall–Kier alpha value is -4.96. The highest BCUT2D eigenvalue weighted by Crippen LogP contribution is 2.45. The zero-order valence-electron chi connectivity index (χ0n) is 28.0. The molecule has 0 saturated carbocycles. The number of carbonyl (C=O) groups excluding carboxylic acids is 3. The van der Waals surface area contributed by atoms with Crippen LogP contribution in [0.3, 0.4) is 0 Å². The molecule has 3 amide bonds. The van der Waals surface area contributed by atoms with Gasteiger partial charge in [-0.25, -0.2) is 18.4 Å². The van der Waals surface area contributed by atoms with E-state index < -0.39 is 75.1 Å². The molecular weight excluding hydrogens is 705 g/mol. The lowest BCUT2D eigenvalue weighted by molar-refractivity contribution is -0.112. The van der Waals surface area contributed by atoms with Gasteiger partial charge in [0.05, 0.1) is 28.1 Å². The highest BCUT2D eigenvalue weighted by atomic mass is 35.5. The lowest BCUT2D eigenvalue weighted by atomic mass is 9.91. The Morgan fingerprint density at radius 3 is 2.41 bits per heavy atom. The molecule has 5 rings (SSSR count). The van der Waals surface area contributed by atoms with E-state index in [0.29, 0.717) is 12.2 Å². The number of benzene rings is 2. The first-order valence-corrected chi connectivity index (χ1v) is 15.8. The Morgan fingerprint density at radius 2 is 1.82 bits per heavy atom. The van der Waals surface area contributed by atoms with E-state index >= 15 is 0 Å². The van der Waals surface area contributed by atoms with E-state index in [1.807, 2.05) is 0 Å². The van der Waals surface area contributed by atoms with E-state index in [1.54, 1.807) is 20.8 Å². The highest BCUT2D eigenvalue weighted by molar-refractivity contribution is 6.31. The quantitative estimate of drug-likeness (QED) is 0.160. The number of fused-ring (bicyclic) bond motifs is 3. The first kappa shape index (κ1) is 37.3. The highest BCUT2D eigenvalue weighted by Gasteiger charge is 2.49. The number of allylic oxidation sites excluding steroid dienone is 3. The van der Waals surface area contributed by atoms with E-state index in [2.05, 4.69) is 17.2 Å². The summed E-state index contributed by atoms with van der Waals surface area (Å²) >= 11 is 6.34. The fraction of sp³-hybridized carbons (Fsp3) is 0.353. The van der Waals surface area contributed by atoms with Crippen molar-refractivity contribution in [1.29, 1.82) is 0 Å². The maximum absolute atomic E-state index is 14.5. The van der Waals surface area contributed by atoms with Crippen LogP contribution in [0.4, 0.5) is 32.4 Å². The van der Waals surface area contributed by atoms with E-state index in [-0.39, 0.29) is 52.7 Å². The predicted octanol–water partition coefficient (Wildman–Crippen LogP) is 5.79. The van der Waals surface area contributed by atoms with Crippen molar-refractivity contribution in [2.24, 2.45) is 13.0 Å². The number of ether oxygens (including phenoxy) is 1. The van der Waals surface area contributed by atoms with Gasteiger partial charge in [-0.15, -0.1) is 0 Å². The molecule has 0 radical (unpaired) electrons. The van der Waals surface area contributed by atoms with Crippen LogP contribution in [0.25, 0.3) is 11.0 Å². The number of aliphatic hydroxyl groups is 1. The SMILES string of the molecule is C=C(/C=C(\C=C(/C)F)C(=O)Nc1cc2c(c3c1C(O)(c1cc(F)ccc1Cl)NC3=O)n(C)c(=O)n2CC1CN(C(=O)OC(C)(C)C)C1)C(F)(F)F. The summed E-state index contributed by atoms with van der Waals surface area (Å²) < 4.78 is 76.5. The number of imidazole rings is 1. The van der Waals surface area contributed by atoms with Crippen molar-refractivity contribution in [3.8, 4) is 0 Å². The van der Waals surface area contributed by atoms with Crippen LogP contribution in [0.1, 0.15) is 49.2 Å². The van der Waals surface area contributed by atoms with Crippen LogP contribution in [-0.2, 0) is 28.8 Å². The first-order valence-electron chi connectivity index (χ1n) is 15.4. The van der Waals surface area contributed by atoms with Gasteiger partial charge in [0, 0.05) is 59.9 Å². The Kier molecular flexibility index (Phi) is 9.49. The summed E-state index contributed by atoms with van der Waals surface area (Å²) in [6, 6.07) is 4.13. The van der Waals surface area contributed by atoms with Gasteiger partial charge in [-0.1, -0.05) is 18.2 Å². The van der Waals surface area contributed by atoms with E-state index in [0.717, 1.165) is 29.7 Å². The molecule has 1 unspecified atom stereocenters. The topological polar surface area (TPSA) is 135 Å². The average molecular weight is 738 g/mol. The molecule has 2 aliphatic rings. The number of aromatic nitrogens is 2. The second-order valence-corrected chi connectivity index (χ2v) is 13.7. The monoisotopic (exact) mass is 737 g/mol. The number of likely N-dealkylation sites (tertiary alicyclic amines) is 1. The largest absolute Gasteiger partial charge is 0.444 e. The summed E-state index contributed by atoms with van der Waals surface area (Å²) in [4.78, 5) is 54.9. The number of hydrogen-bond donors (Lipinski definition) is 3. The normalized spacial score (nSPS) is 18.4. The average Bonchev–Trinajstić information content (AvgIpc) is 3.38. The molecule has 3 aromatic rings. The van der Waals surface area contributed by atoms with Crippen molar-refractivity contribution in [2.45, 2.75) is 51.7 Å². The molecule has 1 atom stereocenters. The Labute approximate surface area is 292 Å². The van der Waals surface area contributed by atoms with Crippen molar-refractivity contribution in [1.82, 2.24) is 19.4 Å². The number of hydrogen-bond acceptors (Lipinski definition) is 6. The van der Waals surface area contributed by atoms with Crippen LogP contribution < -0.4 is 16.3 Å². The number of rotatable bonds is 7. The Morgan fingerprint density at radius 1 is 1.18 bits per heavy atom. The third-order valence-corrected chi connectivity index (χ3v) is 8.56. The maximum Gasteiger partial charge on any atom is 0.415 e. The van der Waals surface area contributed by atoms with Crippen LogP contribution in [0.15, 0.2) is 64.8 Å². The van der Waals surface area contributed by atoms with Gasteiger partial charge in [-0.05, 0) is 64.1 Å². The number of anilines is 1. The van der Waals surface area contributed by atoms with Crippen LogP contribution in [0.5, 0.6) is 0 Å². The molecule has 0 bridgehead atoms. The predicted molar refractivity (Wildman–Crippen MR) is 177 cm³/mol. The zero-order valence-corrected chi connectivity index (χ0v) is 28.7. The number of nitrogens with zero attached hydrogens (tertiary/aromatic N) is 3. The van der Waals surface area contributed by atoms with Crippen molar-refractivity contribution in [2.75, 3.05) is 18.4 Å². The maximum atomic E-state index is 14.5. The fourth-order valence-electron chi connectivity index (χ4n) is 5.99. The van der Waals surface area contributed by atoms with E-state index in [1.165, 1.54) is 22.6 Å². The molecule has 11 nitrogen and oxygen atoms in total. The molecule has 3 N–H and O–H groups in total. The summed E-state index contributed by atoms with van der Waals surface area (Å²) in [5.41, 5.74) is -7.81. The third-order valence-electron chi connectivity index (χ3n) is 8.23. The number of aryl methyl sites for hydroxylation is 1. The molecular formula is C34H33ClF5N5O6. The van der Waals surface area contributed by atoms with Gasteiger partial charge in [0.25, 0.3) is 11.8 Å². The molecule has 1 fully saturated rings. The molecule has 1 aromatic heterocycles. The third kappa shape index (κ3) is 7.15. The van der Waals surface area contributed by atoms with Crippen molar-refractivity contribution >= 4 is 46.2 Å². The van der Waals surface area contributed by atoms with Gasteiger partial charge in [0.2, 0.25) is 0 Å². The van der Waals surface area contributed by atoms with Gasteiger partial charge in [0.15, 0.2) is 5.72 Å². The minimum atomic E-state index is -4.98. The number of halogens is 6. The minimum absolute atomic E-state index is 0.0158.